The second-order valence-corrected chi connectivity index (χ2v) is 21.5. The number of fused-ring (bicyclic) bond motifs is 5. The molecule has 0 radical (unpaired) electrons. The molecule has 5 amide bonds. The molecular formula is C57H75BN8O9. The van der Waals surface area contributed by atoms with Crippen molar-refractivity contribution >= 4 is 36.7 Å². The van der Waals surface area contributed by atoms with Crippen molar-refractivity contribution in [3.8, 4) is 33.8 Å². The molecule has 0 unspecified atom stereocenters. The Morgan fingerprint density at radius 3 is 2.11 bits per heavy atom. The fraction of sp³-hybridized carbons (Fsp3) is 0.491. The average molecular weight is 1030 g/mol. The molecule has 2 heterocycles. The van der Waals surface area contributed by atoms with Gasteiger partial charge in [0.15, 0.2) is 0 Å². The van der Waals surface area contributed by atoms with Crippen molar-refractivity contribution in [2.75, 3.05) is 39.9 Å². The number of nitrogens with one attached hydrogen (secondary N) is 4. The molecule has 17 nitrogen and oxygen atoms in total. The van der Waals surface area contributed by atoms with Gasteiger partial charge in [-0.3, -0.25) is 24.0 Å². The summed E-state index contributed by atoms with van der Waals surface area (Å²) in [6, 6.07) is 20.9. The van der Waals surface area contributed by atoms with E-state index in [-0.39, 0.29) is 50.8 Å². The predicted molar refractivity (Wildman–Crippen MR) is 288 cm³/mol. The number of benzene rings is 4. The Morgan fingerprint density at radius 2 is 1.48 bits per heavy atom. The molecule has 9 atom stereocenters. The molecule has 4 fully saturated rings. The number of aryl methyl sites for hydroxylation is 1. The maximum atomic E-state index is 14.8. The molecule has 75 heavy (non-hydrogen) atoms. The lowest BCUT2D eigenvalue weighted by molar-refractivity contribution is -0.199. The van der Waals surface area contributed by atoms with Crippen molar-refractivity contribution in [3.05, 3.63) is 107 Å². The highest BCUT2D eigenvalue weighted by molar-refractivity contribution is 6.47. The van der Waals surface area contributed by atoms with Gasteiger partial charge in [0.1, 0.15) is 48.9 Å². The van der Waals surface area contributed by atoms with Crippen molar-refractivity contribution in [2.45, 2.75) is 122 Å². The Morgan fingerprint density at radius 1 is 0.840 bits per heavy atom. The van der Waals surface area contributed by atoms with Crippen LogP contribution in [-0.2, 0) is 41.3 Å². The second kappa shape index (κ2) is 23.3. The molecule has 2 aliphatic heterocycles. The number of carbonyl (C=O) groups is 5. The highest BCUT2D eigenvalue weighted by atomic mass is 16.7. The number of likely N-dealkylation sites (N-methyl/N-ethyl adjacent to an activating group) is 1. The summed E-state index contributed by atoms with van der Waals surface area (Å²) in [7, 11) is 0.723. The third-order valence-corrected chi connectivity index (χ3v) is 16.1. The topological polar surface area (TPSA) is 252 Å². The quantitative estimate of drug-likeness (QED) is 0.0675. The molecule has 3 saturated carbocycles. The fourth-order valence-electron chi connectivity index (χ4n) is 11.5. The van der Waals surface area contributed by atoms with E-state index in [9.17, 15) is 24.0 Å². The van der Waals surface area contributed by atoms with Gasteiger partial charge in [-0.1, -0.05) is 75.7 Å². The largest absolute Gasteiger partial charge is 0.492 e. The second-order valence-electron chi connectivity index (χ2n) is 21.5. The van der Waals surface area contributed by atoms with E-state index in [0.29, 0.717) is 51.2 Å². The van der Waals surface area contributed by atoms with Gasteiger partial charge in [0.2, 0.25) is 23.6 Å². The van der Waals surface area contributed by atoms with Crippen LogP contribution in [0.15, 0.2) is 84.9 Å². The first-order valence-corrected chi connectivity index (χ1v) is 26.5. The summed E-state index contributed by atoms with van der Waals surface area (Å²) in [6.45, 7) is 12.6. The van der Waals surface area contributed by atoms with E-state index in [0.717, 1.165) is 43.2 Å². The van der Waals surface area contributed by atoms with E-state index in [1.807, 2.05) is 31.2 Å². The van der Waals surface area contributed by atoms with Crippen LogP contribution >= 0.6 is 0 Å². The van der Waals surface area contributed by atoms with Crippen LogP contribution in [0, 0.1) is 17.3 Å². The molecule has 1 saturated heterocycles. The Balaban J connectivity index is 1.07. The molecule has 400 valence electrons. The number of carbonyl (C=O) groups excluding carboxylic acids is 5. The Bertz CT molecular complexity index is 2720. The first-order chi connectivity index (χ1) is 35.9. The van der Waals surface area contributed by atoms with Gasteiger partial charge in [0, 0.05) is 49.8 Å². The number of hydrogen-bond acceptors (Lipinski definition) is 12. The van der Waals surface area contributed by atoms with Crippen molar-refractivity contribution in [3.63, 3.8) is 0 Å². The van der Waals surface area contributed by atoms with Crippen molar-refractivity contribution < 1.29 is 42.8 Å². The summed E-state index contributed by atoms with van der Waals surface area (Å²) >= 11 is 0. The van der Waals surface area contributed by atoms with Crippen molar-refractivity contribution in [2.24, 2.45) is 34.5 Å². The molecule has 9 rings (SSSR count). The van der Waals surface area contributed by atoms with Crippen LogP contribution in [0.4, 0.5) is 0 Å². The van der Waals surface area contributed by atoms with E-state index < -0.39 is 72.4 Å². The van der Waals surface area contributed by atoms with Gasteiger partial charge in [-0.25, -0.2) is 0 Å². The molecule has 18 heteroatoms. The number of nitrogens with zero attached hydrogens (tertiary/aromatic N) is 1. The molecule has 6 bridgehead atoms. The number of hydrogen-bond donors (Lipinski definition) is 7. The summed E-state index contributed by atoms with van der Waals surface area (Å²) in [4.78, 5) is 73.2. The van der Waals surface area contributed by atoms with Crippen LogP contribution in [0.5, 0.6) is 11.5 Å². The summed E-state index contributed by atoms with van der Waals surface area (Å²) < 4.78 is 25.6. The van der Waals surface area contributed by atoms with Crippen LogP contribution in [0.1, 0.15) is 100 Å². The third kappa shape index (κ3) is 11.6. The summed E-state index contributed by atoms with van der Waals surface area (Å²) in [5, 5.41) is 11.6. The Labute approximate surface area is 441 Å². The number of rotatable bonds is 18. The van der Waals surface area contributed by atoms with E-state index in [4.69, 9.17) is 36.0 Å². The lowest BCUT2D eigenvalue weighted by Gasteiger charge is -2.64. The molecule has 5 aliphatic rings. The van der Waals surface area contributed by atoms with E-state index in [2.05, 4.69) is 73.2 Å². The minimum Gasteiger partial charge on any atom is -0.492 e. The molecule has 4 aromatic rings. The van der Waals surface area contributed by atoms with Crippen molar-refractivity contribution in [1.82, 2.24) is 26.2 Å². The van der Waals surface area contributed by atoms with Crippen LogP contribution in [0.3, 0.4) is 0 Å². The number of unbranched alkanes of at least 4 members (excludes halogenated alkanes) is 1. The molecule has 0 spiro atoms. The van der Waals surface area contributed by atoms with E-state index >= 15 is 0 Å². The lowest BCUT2D eigenvalue weighted by atomic mass is 9.43. The zero-order chi connectivity index (χ0) is 53.8. The van der Waals surface area contributed by atoms with Crippen molar-refractivity contribution in [1.29, 1.82) is 0 Å². The average Bonchev–Trinajstić information content (AvgIpc) is 3.84. The van der Waals surface area contributed by atoms with Gasteiger partial charge in [-0.05, 0) is 128 Å². The van der Waals surface area contributed by atoms with E-state index in [1.165, 1.54) is 24.4 Å². The highest BCUT2D eigenvalue weighted by Crippen LogP contribution is 2.65. The zero-order valence-electron chi connectivity index (χ0n) is 44.4. The zero-order valence-corrected chi connectivity index (χ0v) is 44.4. The Hall–Kier alpha value is -6.31. The number of nitrogens with two attached hydrogens (primary N) is 3. The highest BCUT2D eigenvalue weighted by Gasteiger charge is 2.68. The van der Waals surface area contributed by atoms with Gasteiger partial charge >= 0.3 is 7.12 Å². The lowest BCUT2D eigenvalue weighted by Crippen LogP contribution is -2.65. The predicted octanol–water partition coefficient (Wildman–Crippen LogP) is 4.61. The molecule has 10 N–H and O–H groups in total. The van der Waals surface area contributed by atoms with Crippen LogP contribution in [-0.4, -0.2) is 117 Å². The van der Waals surface area contributed by atoms with E-state index in [1.54, 1.807) is 36.4 Å². The molecule has 4 aromatic carbocycles. The normalized spacial score (nSPS) is 24.5. The summed E-state index contributed by atoms with van der Waals surface area (Å²) in [6.07, 6.45) is 5.16. The number of ether oxygens (including phenoxy) is 2. The standard InChI is InChI=1S/C57H75BN8O9/c1-8-9-10-35-11-14-37(15-12-35)38-16-18-39(19-17-38)52(68)65-45(32-61)55(71)66(7)50-40-20-22-47(73-26-24-60)43(29-40)42-27-36(13-21-46(42)72-25-23-59)28-44(64-51(67)33(2)62-54(50)70)53(69)63-34(3)58-74-49-31-41-30-48(56(41,4)5)57(49,6)75-58/h11-22,27,29,33-34,41,44-45,48-50H,8-10,23-26,28,30-32,59-61H2,1-7H3,(H,62,70)(H,63,69)(H,64,67)(H,65,68)/t33-,34-,41-,44-,45-,48-,49+,50-,57-/m0/s1. The molecule has 0 aromatic heterocycles. The minimum atomic E-state index is -1.39. The van der Waals surface area contributed by atoms with Gasteiger partial charge in [0.25, 0.3) is 5.91 Å². The van der Waals surface area contributed by atoms with Gasteiger partial charge < -0.3 is 62.2 Å². The van der Waals surface area contributed by atoms with Crippen LogP contribution < -0.4 is 47.9 Å². The fourth-order valence-corrected chi connectivity index (χ4v) is 11.5. The Kier molecular flexibility index (Phi) is 17.1. The minimum absolute atomic E-state index is 0.0433. The van der Waals surface area contributed by atoms with Gasteiger partial charge in [-0.15, -0.1) is 0 Å². The van der Waals surface area contributed by atoms with Gasteiger partial charge in [0.05, 0.1) is 17.6 Å². The van der Waals surface area contributed by atoms with Crippen LogP contribution in [0.25, 0.3) is 22.3 Å². The monoisotopic (exact) mass is 1030 g/mol. The van der Waals surface area contributed by atoms with Gasteiger partial charge in [-0.2, -0.15) is 0 Å². The SMILES string of the molecule is CCCCc1ccc(-c2ccc(C(=O)N[C@@H](CN)C(=O)N(C)[C@@H]3C(=O)N[C@@H](C)C(=O)N[C@H](C(=O)N[C@@H](C)B4O[C@@H]5C[C@@H]6C[C@@H](C6(C)C)[C@]5(C)O4)Cc4ccc(OCCN)c(c4)-c4cc3ccc4OCCN)cc2)cc1. The summed E-state index contributed by atoms with van der Waals surface area (Å²) in [5.74, 6) is -1.96. The first-order valence-electron chi connectivity index (χ1n) is 26.5. The molecular weight excluding hydrogens is 951 g/mol. The smallest absolute Gasteiger partial charge is 0.481 e. The maximum absolute atomic E-state index is 14.8. The number of amides is 5. The summed E-state index contributed by atoms with van der Waals surface area (Å²) in [5.41, 5.74) is 23.2. The first kappa shape index (κ1) is 54.9. The molecule has 3 aliphatic carbocycles. The third-order valence-electron chi connectivity index (χ3n) is 16.1. The maximum Gasteiger partial charge on any atom is 0.481 e. The van der Waals surface area contributed by atoms with Crippen LogP contribution in [0.2, 0.25) is 0 Å².